The first kappa shape index (κ1) is 15.4. The molecule has 5 heteroatoms. The summed E-state index contributed by atoms with van der Waals surface area (Å²) in [4.78, 5) is 6.87. The Hall–Kier alpha value is -0.940. The van der Waals surface area contributed by atoms with Gasteiger partial charge in [-0.05, 0) is 38.4 Å². The maximum absolute atomic E-state index is 5.32. The maximum Gasteiger partial charge on any atom is 0.240 e. The van der Waals surface area contributed by atoms with Crippen molar-refractivity contribution in [3.05, 3.63) is 11.7 Å². The van der Waals surface area contributed by atoms with Gasteiger partial charge in [0, 0.05) is 12.0 Å². The maximum atomic E-state index is 5.32. The molecule has 0 aliphatic carbocycles. The fourth-order valence-corrected chi connectivity index (χ4v) is 2.51. The van der Waals surface area contributed by atoms with Crippen molar-refractivity contribution in [1.29, 1.82) is 0 Å². The summed E-state index contributed by atoms with van der Waals surface area (Å²) in [6.07, 6.45) is 2.51. The average Bonchev–Trinajstić information content (AvgIpc) is 2.86. The number of nitrogens with one attached hydrogen (secondary N) is 1. The van der Waals surface area contributed by atoms with Gasteiger partial charge < -0.3 is 9.84 Å². The van der Waals surface area contributed by atoms with E-state index >= 15 is 0 Å². The van der Waals surface area contributed by atoms with E-state index in [1.807, 2.05) is 0 Å². The molecule has 0 amide bonds. The second kappa shape index (κ2) is 7.18. The average molecular weight is 280 g/mol. The van der Waals surface area contributed by atoms with Crippen molar-refractivity contribution in [1.82, 2.24) is 20.4 Å². The van der Waals surface area contributed by atoms with Gasteiger partial charge in [-0.25, -0.2) is 0 Å². The summed E-state index contributed by atoms with van der Waals surface area (Å²) in [5, 5.41) is 7.56. The summed E-state index contributed by atoms with van der Waals surface area (Å²) < 4.78 is 5.32. The van der Waals surface area contributed by atoms with Gasteiger partial charge in [0.05, 0.1) is 6.54 Å². The lowest BCUT2D eigenvalue weighted by Crippen LogP contribution is -2.38. The Bertz CT molecular complexity index is 394. The van der Waals surface area contributed by atoms with Crippen LogP contribution in [-0.4, -0.2) is 40.7 Å². The van der Waals surface area contributed by atoms with Crippen molar-refractivity contribution in [2.45, 2.75) is 59.0 Å². The predicted molar refractivity (Wildman–Crippen MR) is 79.5 cm³/mol. The van der Waals surface area contributed by atoms with E-state index in [2.05, 4.69) is 48.1 Å². The summed E-state index contributed by atoms with van der Waals surface area (Å²) in [6, 6.07) is 0.584. The summed E-state index contributed by atoms with van der Waals surface area (Å²) in [6.45, 7) is 12.8. The van der Waals surface area contributed by atoms with E-state index in [9.17, 15) is 0 Å². The molecule has 0 atom stereocenters. The summed E-state index contributed by atoms with van der Waals surface area (Å²) >= 11 is 0. The van der Waals surface area contributed by atoms with Crippen LogP contribution in [-0.2, 0) is 6.54 Å². The number of hydrogen-bond acceptors (Lipinski definition) is 5. The van der Waals surface area contributed by atoms with E-state index < -0.39 is 0 Å². The number of nitrogens with zero attached hydrogens (tertiary/aromatic N) is 3. The summed E-state index contributed by atoms with van der Waals surface area (Å²) in [5.74, 6) is 2.71. The lowest BCUT2D eigenvalue weighted by atomic mass is 9.96. The Morgan fingerprint density at radius 3 is 2.50 bits per heavy atom. The second-order valence-electron chi connectivity index (χ2n) is 6.48. The zero-order valence-electron chi connectivity index (χ0n) is 13.2. The van der Waals surface area contributed by atoms with Gasteiger partial charge in [0.2, 0.25) is 5.89 Å². The van der Waals surface area contributed by atoms with Gasteiger partial charge in [-0.15, -0.1) is 0 Å². The van der Waals surface area contributed by atoms with Crippen LogP contribution in [0.2, 0.25) is 0 Å². The van der Waals surface area contributed by atoms with Crippen LogP contribution in [0, 0.1) is 5.92 Å². The molecule has 1 fully saturated rings. The molecular weight excluding hydrogens is 252 g/mol. The van der Waals surface area contributed by atoms with Crippen LogP contribution in [0.5, 0.6) is 0 Å². The molecule has 20 heavy (non-hydrogen) atoms. The number of piperidine rings is 1. The predicted octanol–water partition coefficient (Wildman–Crippen LogP) is 2.40. The van der Waals surface area contributed by atoms with E-state index in [4.69, 9.17) is 4.52 Å². The molecule has 0 saturated carbocycles. The molecule has 1 aromatic rings. The fourth-order valence-electron chi connectivity index (χ4n) is 2.51. The third kappa shape index (κ3) is 4.56. The number of aromatic nitrogens is 2. The fraction of sp³-hybridized carbons (Fsp3) is 0.867. The molecule has 1 N–H and O–H groups in total. The zero-order chi connectivity index (χ0) is 14.5. The van der Waals surface area contributed by atoms with Crippen LogP contribution < -0.4 is 5.32 Å². The van der Waals surface area contributed by atoms with Crippen molar-refractivity contribution in [3.8, 4) is 0 Å². The van der Waals surface area contributed by atoms with Crippen molar-refractivity contribution in [2.75, 3.05) is 19.6 Å². The molecular formula is C15H28N4O. The van der Waals surface area contributed by atoms with Gasteiger partial charge in [0.25, 0.3) is 0 Å². The highest BCUT2D eigenvalue weighted by molar-refractivity contribution is 4.92. The van der Waals surface area contributed by atoms with E-state index in [1.165, 1.54) is 12.8 Å². The monoisotopic (exact) mass is 280 g/mol. The minimum absolute atomic E-state index is 0.334. The van der Waals surface area contributed by atoms with E-state index in [-0.39, 0.29) is 0 Å². The van der Waals surface area contributed by atoms with Gasteiger partial charge in [0.15, 0.2) is 5.82 Å². The zero-order valence-corrected chi connectivity index (χ0v) is 13.2. The van der Waals surface area contributed by atoms with E-state index in [0.29, 0.717) is 12.0 Å². The molecule has 114 valence electrons. The largest absolute Gasteiger partial charge is 0.338 e. The normalized spacial score (nSPS) is 18.3. The highest BCUT2D eigenvalue weighted by Crippen LogP contribution is 2.19. The first-order chi connectivity index (χ1) is 9.54. The van der Waals surface area contributed by atoms with Crippen LogP contribution in [0.3, 0.4) is 0 Å². The van der Waals surface area contributed by atoms with Gasteiger partial charge in [-0.1, -0.05) is 32.9 Å². The summed E-state index contributed by atoms with van der Waals surface area (Å²) in [7, 11) is 0. The molecule has 0 bridgehead atoms. The minimum Gasteiger partial charge on any atom is -0.338 e. The minimum atomic E-state index is 0.334. The molecule has 1 aliphatic rings. The van der Waals surface area contributed by atoms with Gasteiger partial charge in [0.1, 0.15) is 0 Å². The number of rotatable bonds is 6. The smallest absolute Gasteiger partial charge is 0.240 e. The van der Waals surface area contributed by atoms with E-state index in [1.54, 1.807) is 0 Å². The Morgan fingerprint density at radius 1 is 1.25 bits per heavy atom. The van der Waals surface area contributed by atoms with Crippen molar-refractivity contribution in [3.63, 3.8) is 0 Å². The van der Waals surface area contributed by atoms with Crippen molar-refractivity contribution >= 4 is 0 Å². The molecule has 1 saturated heterocycles. The highest BCUT2D eigenvalue weighted by atomic mass is 16.5. The van der Waals surface area contributed by atoms with Crippen LogP contribution in [0.25, 0.3) is 0 Å². The standard InChI is InChI=1S/C15H28N4O/c1-11(2)15-17-14(20-18-15)10-19-7-5-13(6-8-19)9-16-12(3)4/h11-13,16H,5-10H2,1-4H3. The van der Waals surface area contributed by atoms with Gasteiger partial charge in [-0.2, -0.15) is 4.98 Å². The molecule has 0 spiro atoms. The Kier molecular flexibility index (Phi) is 5.54. The molecule has 5 nitrogen and oxygen atoms in total. The third-order valence-electron chi connectivity index (χ3n) is 3.88. The molecule has 0 radical (unpaired) electrons. The van der Waals surface area contributed by atoms with Crippen LogP contribution in [0.15, 0.2) is 4.52 Å². The molecule has 2 rings (SSSR count). The Labute approximate surface area is 122 Å². The quantitative estimate of drug-likeness (QED) is 0.867. The van der Waals surface area contributed by atoms with Gasteiger partial charge >= 0.3 is 0 Å². The Morgan fingerprint density at radius 2 is 1.95 bits per heavy atom. The third-order valence-corrected chi connectivity index (χ3v) is 3.88. The van der Waals surface area contributed by atoms with Crippen LogP contribution >= 0.6 is 0 Å². The number of likely N-dealkylation sites (tertiary alicyclic amines) is 1. The van der Waals surface area contributed by atoms with Crippen LogP contribution in [0.4, 0.5) is 0 Å². The molecule has 1 aliphatic heterocycles. The van der Waals surface area contributed by atoms with Crippen LogP contribution in [0.1, 0.15) is 58.2 Å². The molecule has 0 unspecified atom stereocenters. The Balaban J connectivity index is 1.73. The number of hydrogen-bond donors (Lipinski definition) is 1. The molecule has 0 aromatic carbocycles. The molecule has 2 heterocycles. The van der Waals surface area contributed by atoms with Crippen molar-refractivity contribution in [2.24, 2.45) is 5.92 Å². The lowest BCUT2D eigenvalue weighted by molar-refractivity contribution is 0.156. The lowest BCUT2D eigenvalue weighted by Gasteiger charge is -2.31. The first-order valence-electron chi connectivity index (χ1n) is 7.82. The van der Waals surface area contributed by atoms with Crippen molar-refractivity contribution < 1.29 is 4.52 Å². The topological polar surface area (TPSA) is 54.2 Å². The summed E-state index contributed by atoms with van der Waals surface area (Å²) in [5.41, 5.74) is 0. The molecule has 1 aromatic heterocycles. The highest BCUT2D eigenvalue weighted by Gasteiger charge is 2.21. The second-order valence-corrected chi connectivity index (χ2v) is 6.48. The van der Waals surface area contributed by atoms with Gasteiger partial charge in [-0.3, -0.25) is 4.90 Å². The first-order valence-corrected chi connectivity index (χ1v) is 7.82. The SMILES string of the molecule is CC(C)NCC1CCN(Cc2nc(C(C)C)no2)CC1. The van der Waals surface area contributed by atoms with E-state index in [0.717, 1.165) is 43.8 Å².